The first-order chi connectivity index (χ1) is 14.8. The highest BCUT2D eigenvalue weighted by molar-refractivity contribution is 6.36. The molecule has 31 heavy (non-hydrogen) atoms. The Morgan fingerprint density at radius 2 is 1.61 bits per heavy atom. The summed E-state index contributed by atoms with van der Waals surface area (Å²) >= 11 is 0. The quantitative estimate of drug-likeness (QED) is 0.592. The minimum absolute atomic E-state index is 0.252. The van der Waals surface area contributed by atoms with Crippen molar-refractivity contribution in [2.45, 2.75) is 40.7 Å². The fourth-order valence-electron chi connectivity index (χ4n) is 3.36. The minimum Gasteiger partial charge on any atom is -0.494 e. The Morgan fingerprint density at radius 1 is 0.903 bits per heavy atom. The summed E-state index contributed by atoms with van der Waals surface area (Å²) in [6.45, 7) is 10.9. The van der Waals surface area contributed by atoms with Crippen LogP contribution in [0, 0.1) is 5.92 Å². The lowest BCUT2D eigenvalue weighted by Gasteiger charge is -2.19. The largest absolute Gasteiger partial charge is 0.494 e. The molecule has 1 aliphatic rings. The van der Waals surface area contributed by atoms with Gasteiger partial charge < -0.3 is 14.8 Å². The smallest absolute Gasteiger partial charge is 0.278 e. The first-order valence-corrected chi connectivity index (χ1v) is 10.7. The third-order valence-corrected chi connectivity index (χ3v) is 4.77. The predicted octanol–water partition coefficient (Wildman–Crippen LogP) is 4.72. The Morgan fingerprint density at radius 3 is 2.23 bits per heavy atom. The highest BCUT2D eigenvalue weighted by atomic mass is 16.5. The number of carbonyl (C=O) groups excluding carboxylic acids is 2. The van der Waals surface area contributed by atoms with E-state index in [0.29, 0.717) is 41.7 Å². The number of ether oxygens (including phenoxy) is 2. The van der Waals surface area contributed by atoms with E-state index in [1.807, 2.05) is 69.3 Å². The number of amides is 2. The number of benzene rings is 2. The van der Waals surface area contributed by atoms with Crippen LogP contribution in [-0.4, -0.2) is 36.0 Å². The van der Waals surface area contributed by atoms with E-state index in [9.17, 15) is 9.59 Å². The molecule has 0 saturated heterocycles. The van der Waals surface area contributed by atoms with Crippen LogP contribution in [0.5, 0.6) is 11.5 Å². The molecule has 1 aliphatic heterocycles. The molecule has 1 N–H and O–H groups in total. The number of rotatable bonds is 9. The van der Waals surface area contributed by atoms with Crippen molar-refractivity contribution in [2.75, 3.05) is 18.5 Å². The summed E-state index contributed by atoms with van der Waals surface area (Å²) in [6, 6.07) is 14.4. The van der Waals surface area contributed by atoms with Crippen LogP contribution in [0.25, 0.3) is 5.57 Å². The summed E-state index contributed by atoms with van der Waals surface area (Å²) in [5.74, 6) is 1.20. The molecule has 0 aliphatic carbocycles. The van der Waals surface area contributed by atoms with Gasteiger partial charge in [-0.2, -0.15) is 0 Å². The van der Waals surface area contributed by atoms with E-state index >= 15 is 0 Å². The Hall–Kier alpha value is -3.28. The maximum Gasteiger partial charge on any atom is 0.278 e. The zero-order chi connectivity index (χ0) is 22.5. The second kappa shape index (κ2) is 9.69. The zero-order valence-corrected chi connectivity index (χ0v) is 18.8. The number of imide groups is 1. The van der Waals surface area contributed by atoms with E-state index in [4.69, 9.17) is 9.47 Å². The Balaban J connectivity index is 1.97. The van der Waals surface area contributed by atoms with E-state index in [-0.39, 0.29) is 23.6 Å². The van der Waals surface area contributed by atoms with Gasteiger partial charge in [0.05, 0.1) is 18.8 Å². The molecule has 2 aromatic rings. The van der Waals surface area contributed by atoms with Crippen molar-refractivity contribution >= 4 is 23.1 Å². The lowest BCUT2D eigenvalue weighted by atomic mass is 10.0. The molecule has 6 heteroatoms. The number of nitrogens with one attached hydrogen (secondary N) is 1. The van der Waals surface area contributed by atoms with Gasteiger partial charge >= 0.3 is 0 Å². The van der Waals surface area contributed by atoms with Gasteiger partial charge in [0, 0.05) is 17.8 Å². The maximum atomic E-state index is 13.2. The molecule has 0 unspecified atom stereocenters. The molecule has 0 radical (unpaired) electrons. The molecule has 3 rings (SSSR count). The molecule has 0 spiro atoms. The van der Waals surface area contributed by atoms with Crippen LogP contribution in [0.3, 0.4) is 0 Å². The van der Waals surface area contributed by atoms with Crippen LogP contribution in [0.4, 0.5) is 5.69 Å². The lowest BCUT2D eigenvalue weighted by Crippen LogP contribution is -2.38. The van der Waals surface area contributed by atoms with Gasteiger partial charge in [-0.05, 0) is 56.5 Å². The van der Waals surface area contributed by atoms with E-state index in [2.05, 4.69) is 19.2 Å². The van der Waals surface area contributed by atoms with Gasteiger partial charge in [0.2, 0.25) is 0 Å². The number of nitrogens with zero attached hydrogens (tertiary/aromatic N) is 1. The molecule has 2 aromatic carbocycles. The van der Waals surface area contributed by atoms with Gasteiger partial charge in [-0.15, -0.1) is 0 Å². The summed E-state index contributed by atoms with van der Waals surface area (Å²) in [6.07, 6.45) is 0. The normalized spacial score (nSPS) is 14.1. The van der Waals surface area contributed by atoms with Crippen molar-refractivity contribution in [2.24, 2.45) is 5.92 Å². The number of hydrogen-bond acceptors (Lipinski definition) is 5. The molecule has 0 atom stereocenters. The molecule has 2 amide bonds. The van der Waals surface area contributed by atoms with Crippen LogP contribution in [0.1, 0.15) is 40.2 Å². The molecule has 0 saturated carbocycles. The van der Waals surface area contributed by atoms with Gasteiger partial charge in [-0.25, -0.2) is 0 Å². The number of anilines is 1. The topological polar surface area (TPSA) is 67.9 Å². The van der Waals surface area contributed by atoms with Crippen molar-refractivity contribution in [1.82, 2.24) is 4.90 Å². The van der Waals surface area contributed by atoms with Crippen molar-refractivity contribution < 1.29 is 19.1 Å². The average molecular weight is 423 g/mol. The molecule has 1 heterocycles. The van der Waals surface area contributed by atoms with E-state index < -0.39 is 0 Å². The summed E-state index contributed by atoms with van der Waals surface area (Å²) in [5.41, 5.74) is 1.98. The minimum atomic E-state index is -0.336. The van der Waals surface area contributed by atoms with Gasteiger partial charge in [0.15, 0.2) is 0 Å². The number of hydrogen-bond donors (Lipinski definition) is 1. The zero-order valence-electron chi connectivity index (χ0n) is 18.8. The van der Waals surface area contributed by atoms with Crippen LogP contribution in [-0.2, 0) is 9.59 Å². The van der Waals surface area contributed by atoms with E-state index in [0.717, 1.165) is 5.75 Å². The molecule has 0 fully saturated rings. The monoisotopic (exact) mass is 422 g/mol. The van der Waals surface area contributed by atoms with Gasteiger partial charge in [0.1, 0.15) is 17.2 Å². The highest BCUT2D eigenvalue weighted by Gasteiger charge is 2.40. The SMILES string of the molecule is CCOc1cccc(NC2=C(c3ccc(OCC(C)C)cc3)C(=O)N(C(C)C)C2=O)c1. The summed E-state index contributed by atoms with van der Waals surface area (Å²) in [7, 11) is 0. The predicted molar refractivity (Wildman–Crippen MR) is 122 cm³/mol. The fraction of sp³-hybridized carbons (Fsp3) is 0.360. The average Bonchev–Trinajstić information content (AvgIpc) is 2.97. The summed E-state index contributed by atoms with van der Waals surface area (Å²) in [4.78, 5) is 27.6. The molecule has 0 aromatic heterocycles. The van der Waals surface area contributed by atoms with Crippen LogP contribution in [0.15, 0.2) is 54.2 Å². The van der Waals surface area contributed by atoms with Gasteiger partial charge in [0.25, 0.3) is 11.8 Å². The van der Waals surface area contributed by atoms with Crippen molar-refractivity contribution in [1.29, 1.82) is 0 Å². The second-order valence-corrected chi connectivity index (χ2v) is 8.14. The summed E-state index contributed by atoms with van der Waals surface area (Å²) < 4.78 is 11.3. The van der Waals surface area contributed by atoms with Crippen LogP contribution in [0.2, 0.25) is 0 Å². The van der Waals surface area contributed by atoms with E-state index in [1.165, 1.54) is 4.90 Å². The summed E-state index contributed by atoms with van der Waals surface area (Å²) in [5, 5.41) is 3.16. The first kappa shape index (κ1) is 22.4. The molecular weight excluding hydrogens is 392 g/mol. The molecule has 0 bridgehead atoms. The molecule has 6 nitrogen and oxygen atoms in total. The Kier molecular flexibility index (Phi) is 7.00. The maximum absolute atomic E-state index is 13.2. The van der Waals surface area contributed by atoms with Crippen molar-refractivity contribution in [3.05, 3.63) is 59.8 Å². The standard InChI is InChI=1S/C25H30N2O4/c1-6-30-21-9-7-8-19(14-21)26-23-22(24(28)27(17(4)5)25(23)29)18-10-12-20(13-11-18)31-15-16(2)3/h7-14,16-17,26H,6,15H2,1-5H3. The number of carbonyl (C=O) groups is 2. The molecular formula is C25H30N2O4. The van der Waals surface area contributed by atoms with Crippen LogP contribution >= 0.6 is 0 Å². The fourth-order valence-corrected chi connectivity index (χ4v) is 3.36. The van der Waals surface area contributed by atoms with Crippen LogP contribution < -0.4 is 14.8 Å². The van der Waals surface area contributed by atoms with Gasteiger partial charge in [-0.3, -0.25) is 14.5 Å². The van der Waals surface area contributed by atoms with E-state index in [1.54, 1.807) is 0 Å². The third-order valence-electron chi connectivity index (χ3n) is 4.77. The van der Waals surface area contributed by atoms with Crippen molar-refractivity contribution in [3.8, 4) is 11.5 Å². The Labute approximate surface area is 183 Å². The highest BCUT2D eigenvalue weighted by Crippen LogP contribution is 2.33. The van der Waals surface area contributed by atoms with Crippen molar-refractivity contribution in [3.63, 3.8) is 0 Å². The van der Waals surface area contributed by atoms with Gasteiger partial charge in [-0.1, -0.05) is 32.0 Å². The molecule has 164 valence electrons. The first-order valence-electron chi connectivity index (χ1n) is 10.7. The Bertz CT molecular complexity index is 977. The lowest BCUT2D eigenvalue weighted by molar-refractivity contribution is -0.138. The third kappa shape index (κ3) is 5.08. The second-order valence-electron chi connectivity index (χ2n) is 8.14.